The molecule has 0 aliphatic heterocycles. The van der Waals surface area contributed by atoms with Crippen LogP contribution in [0.2, 0.25) is 0 Å². The molecule has 7 heteroatoms. The monoisotopic (exact) mass is 427 g/mol. The molecule has 1 heterocycles. The number of nitrogens with zero attached hydrogens (tertiary/aromatic N) is 4. The van der Waals surface area contributed by atoms with Crippen molar-refractivity contribution < 1.29 is 9.53 Å². The Hall–Kier alpha value is -4.00. The maximum Gasteiger partial charge on any atom is 0.220 e. The first-order chi connectivity index (χ1) is 15.8. The van der Waals surface area contributed by atoms with Gasteiger partial charge in [0.05, 0.1) is 6.54 Å². The number of hydrogen-bond donors (Lipinski definition) is 1. The average molecular weight is 428 g/mol. The van der Waals surface area contributed by atoms with Crippen LogP contribution in [-0.4, -0.2) is 26.1 Å². The second-order valence-corrected chi connectivity index (χ2v) is 7.37. The van der Waals surface area contributed by atoms with Gasteiger partial charge in [-0.3, -0.25) is 4.79 Å². The van der Waals surface area contributed by atoms with Gasteiger partial charge in [-0.15, -0.1) is 10.2 Å². The minimum atomic E-state index is 0.00452. The summed E-state index contributed by atoms with van der Waals surface area (Å²) in [7, 11) is 0. The number of rotatable bonds is 10. The zero-order valence-corrected chi connectivity index (χ0v) is 17.7. The quantitative estimate of drug-likeness (QED) is 0.413. The van der Waals surface area contributed by atoms with Crippen LogP contribution in [0.5, 0.6) is 5.75 Å². The highest BCUT2D eigenvalue weighted by atomic mass is 16.5. The maximum absolute atomic E-state index is 12.2. The lowest BCUT2D eigenvalue weighted by Gasteiger charge is -2.08. The summed E-state index contributed by atoms with van der Waals surface area (Å²) in [5.74, 6) is 1.44. The molecule has 4 rings (SSSR count). The van der Waals surface area contributed by atoms with Crippen molar-refractivity contribution >= 4 is 5.91 Å². The number of carbonyl (C=O) groups is 1. The van der Waals surface area contributed by atoms with E-state index in [1.165, 1.54) is 4.80 Å². The highest BCUT2D eigenvalue weighted by molar-refractivity contribution is 5.75. The Balaban J connectivity index is 1.15. The predicted octanol–water partition coefficient (Wildman–Crippen LogP) is 4.02. The van der Waals surface area contributed by atoms with E-state index in [0.717, 1.165) is 22.4 Å². The third-order valence-electron chi connectivity index (χ3n) is 4.91. The van der Waals surface area contributed by atoms with Gasteiger partial charge >= 0.3 is 0 Å². The van der Waals surface area contributed by atoms with E-state index < -0.39 is 0 Å². The van der Waals surface area contributed by atoms with E-state index in [0.29, 0.717) is 38.4 Å². The molecule has 0 spiro atoms. The molecule has 0 fully saturated rings. The van der Waals surface area contributed by atoms with Crippen LogP contribution in [0.25, 0.3) is 11.4 Å². The highest BCUT2D eigenvalue weighted by Gasteiger charge is 2.07. The summed E-state index contributed by atoms with van der Waals surface area (Å²) in [6.45, 7) is 1.56. The molecule has 0 aliphatic carbocycles. The highest BCUT2D eigenvalue weighted by Crippen LogP contribution is 2.13. The Bertz CT molecular complexity index is 1110. The SMILES string of the molecule is O=C(CCCn1nnc(-c2ccccc2)n1)NCc1ccc(COc2ccccc2)cc1. The molecule has 7 nitrogen and oxygen atoms in total. The minimum absolute atomic E-state index is 0.00452. The van der Waals surface area contributed by atoms with Crippen molar-refractivity contribution in [2.45, 2.75) is 32.5 Å². The molecule has 0 aliphatic rings. The molecule has 1 amide bonds. The van der Waals surface area contributed by atoms with E-state index in [-0.39, 0.29) is 5.91 Å². The number of carbonyl (C=O) groups excluding carboxylic acids is 1. The number of amides is 1. The van der Waals surface area contributed by atoms with E-state index in [1.54, 1.807) is 0 Å². The molecule has 0 bridgehead atoms. The van der Waals surface area contributed by atoms with Crippen LogP contribution in [0.15, 0.2) is 84.9 Å². The van der Waals surface area contributed by atoms with Crippen LogP contribution in [0.1, 0.15) is 24.0 Å². The topological polar surface area (TPSA) is 81.9 Å². The van der Waals surface area contributed by atoms with Gasteiger partial charge in [0, 0.05) is 18.5 Å². The standard InChI is InChI=1S/C25H25N5O2/c31-24(12-7-17-30-28-25(27-29-30)22-8-3-1-4-9-22)26-18-20-13-15-21(16-14-20)19-32-23-10-5-2-6-11-23/h1-6,8-11,13-16H,7,12,17-19H2,(H,26,31). The van der Waals surface area contributed by atoms with Crippen molar-refractivity contribution in [2.24, 2.45) is 0 Å². The van der Waals surface area contributed by atoms with Crippen molar-refractivity contribution in [1.29, 1.82) is 0 Å². The number of aryl methyl sites for hydroxylation is 1. The number of hydrogen-bond acceptors (Lipinski definition) is 5. The number of aromatic nitrogens is 4. The number of benzene rings is 3. The van der Waals surface area contributed by atoms with Crippen molar-refractivity contribution in [3.8, 4) is 17.1 Å². The van der Waals surface area contributed by atoms with Crippen LogP contribution in [0.4, 0.5) is 0 Å². The fourth-order valence-corrected chi connectivity index (χ4v) is 3.15. The molecule has 0 atom stereocenters. The van der Waals surface area contributed by atoms with Crippen LogP contribution in [-0.2, 0) is 24.5 Å². The lowest BCUT2D eigenvalue weighted by molar-refractivity contribution is -0.121. The molecule has 1 aromatic heterocycles. The number of nitrogens with one attached hydrogen (secondary N) is 1. The summed E-state index contributed by atoms with van der Waals surface area (Å²) in [5.41, 5.74) is 3.06. The van der Waals surface area contributed by atoms with E-state index in [4.69, 9.17) is 4.74 Å². The number of tetrazole rings is 1. The Labute approximate surface area is 187 Å². The molecule has 0 radical (unpaired) electrons. The van der Waals surface area contributed by atoms with Gasteiger partial charge in [0.25, 0.3) is 0 Å². The Morgan fingerprint density at radius 1 is 0.875 bits per heavy atom. The maximum atomic E-state index is 12.2. The van der Waals surface area contributed by atoms with Crippen molar-refractivity contribution in [1.82, 2.24) is 25.5 Å². The van der Waals surface area contributed by atoms with Crippen LogP contribution in [0, 0.1) is 0 Å². The van der Waals surface area contributed by atoms with Gasteiger partial charge in [-0.2, -0.15) is 4.80 Å². The third-order valence-corrected chi connectivity index (χ3v) is 4.91. The first kappa shape index (κ1) is 21.2. The van der Waals surface area contributed by atoms with Gasteiger partial charge in [-0.05, 0) is 34.9 Å². The summed E-state index contributed by atoms with van der Waals surface area (Å²) in [5, 5.41) is 15.5. The molecule has 0 saturated carbocycles. The molecular formula is C25H25N5O2. The first-order valence-corrected chi connectivity index (χ1v) is 10.6. The van der Waals surface area contributed by atoms with Gasteiger partial charge in [-0.1, -0.05) is 72.8 Å². The van der Waals surface area contributed by atoms with Gasteiger partial charge < -0.3 is 10.1 Å². The van der Waals surface area contributed by atoms with Gasteiger partial charge in [0.2, 0.25) is 11.7 Å². The summed E-state index contributed by atoms with van der Waals surface area (Å²) in [6, 6.07) is 27.5. The largest absolute Gasteiger partial charge is 0.489 e. The summed E-state index contributed by atoms with van der Waals surface area (Å²) in [6.07, 6.45) is 1.05. The van der Waals surface area contributed by atoms with E-state index in [9.17, 15) is 4.79 Å². The predicted molar refractivity (Wildman–Crippen MR) is 122 cm³/mol. The smallest absolute Gasteiger partial charge is 0.220 e. The zero-order valence-electron chi connectivity index (χ0n) is 17.7. The normalized spacial score (nSPS) is 10.6. The van der Waals surface area contributed by atoms with Crippen LogP contribution < -0.4 is 10.1 Å². The van der Waals surface area contributed by atoms with Gasteiger partial charge in [0.15, 0.2) is 0 Å². The van der Waals surface area contributed by atoms with Crippen LogP contribution >= 0.6 is 0 Å². The molecule has 1 N–H and O–H groups in total. The minimum Gasteiger partial charge on any atom is -0.489 e. The van der Waals surface area contributed by atoms with Crippen molar-refractivity contribution in [3.05, 3.63) is 96.1 Å². The molecule has 3 aromatic carbocycles. The first-order valence-electron chi connectivity index (χ1n) is 10.6. The zero-order chi connectivity index (χ0) is 22.0. The Morgan fingerprint density at radius 2 is 1.56 bits per heavy atom. The third kappa shape index (κ3) is 6.25. The molecule has 162 valence electrons. The lowest BCUT2D eigenvalue weighted by atomic mass is 10.1. The van der Waals surface area contributed by atoms with Crippen LogP contribution in [0.3, 0.4) is 0 Å². The molecule has 4 aromatic rings. The van der Waals surface area contributed by atoms with E-state index >= 15 is 0 Å². The summed E-state index contributed by atoms with van der Waals surface area (Å²) in [4.78, 5) is 13.7. The second kappa shape index (κ2) is 10.9. The average Bonchev–Trinajstić information content (AvgIpc) is 3.32. The Morgan fingerprint density at radius 3 is 2.31 bits per heavy atom. The van der Waals surface area contributed by atoms with Gasteiger partial charge in [0.1, 0.15) is 12.4 Å². The second-order valence-electron chi connectivity index (χ2n) is 7.37. The van der Waals surface area contributed by atoms with Crippen molar-refractivity contribution in [2.75, 3.05) is 0 Å². The fourth-order valence-electron chi connectivity index (χ4n) is 3.15. The van der Waals surface area contributed by atoms with E-state index in [1.807, 2.05) is 84.9 Å². The molecule has 0 saturated heterocycles. The van der Waals surface area contributed by atoms with Gasteiger partial charge in [-0.25, -0.2) is 0 Å². The summed E-state index contributed by atoms with van der Waals surface area (Å²) < 4.78 is 5.75. The lowest BCUT2D eigenvalue weighted by Crippen LogP contribution is -2.23. The molecule has 32 heavy (non-hydrogen) atoms. The number of ether oxygens (including phenoxy) is 1. The van der Waals surface area contributed by atoms with Crippen molar-refractivity contribution in [3.63, 3.8) is 0 Å². The Kier molecular flexibility index (Phi) is 7.21. The summed E-state index contributed by atoms with van der Waals surface area (Å²) >= 11 is 0. The van der Waals surface area contributed by atoms with E-state index in [2.05, 4.69) is 20.7 Å². The molecular weight excluding hydrogens is 402 g/mol. The molecule has 0 unspecified atom stereocenters. The number of para-hydroxylation sites is 1. The fraction of sp³-hybridized carbons (Fsp3) is 0.200.